The van der Waals surface area contributed by atoms with Gasteiger partial charge >= 0.3 is 0 Å². The van der Waals surface area contributed by atoms with Gasteiger partial charge < -0.3 is 14.2 Å². The zero-order chi connectivity index (χ0) is 27.0. The number of sulfonamides is 1. The van der Waals surface area contributed by atoms with Gasteiger partial charge in [0.15, 0.2) is 0 Å². The van der Waals surface area contributed by atoms with Gasteiger partial charge in [0.05, 0.1) is 37.5 Å². The second-order valence-electron chi connectivity index (χ2n) is 8.40. The van der Waals surface area contributed by atoms with E-state index >= 15 is 0 Å². The van der Waals surface area contributed by atoms with Crippen LogP contribution in [-0.2, 0) is 27.8 Å². The molecule has 0 aliphatic heterocycles. The van der Waals surface area contributed by atoms with Crippen LogP contribution >= 0.6 is 0 Å². The maximum absolute atomic E-state index is 14.0. The zero-order valence-electron chi connectivity index (χ0n) is 21.2. The molecule has 0 aromatic heterocycles. The van der Waals surface area contributed by atoms with Crippen LogP contribution in [0.25, 0.3) is 0 Å². The van der Waals surface area contributed by atoms with Crippen molar-refractivity contribution in [3.8, 4) is 23.6 Å². The Balaban J connectivity index is 2.00. The molecule has 2 atom stereocenters. The van der Waals surface area contributed by atoms with Crippen LogP contribution in [0.15, 0.2) is 66.7 Å². The van der Waals surface area contributed by atoms with E-state index in [1.54, 1.807) is 57.5 Å². The van der Waals surface area contributed by atoms with E-state index in [2.05, 4.69) is 6.07 Å². The number of hydrogen-bond acceptors (Lipinski definition) is 7. The molecule has 37 heavy (non-hydrogen) atoms. The van der Waals surface area contributed by atoms with Crippen LogP contribution in [0, 0.1) is 22.7 Å². The van der Waals surface area contributed by atoms with Gasteiger partial charge in [0.2, 0.25) is 10.0 Å². The number of rotatable bonds is 11. The van der Waals surface area contributed by atoms with Gasteiger partial charge in [0.1, 0.15) is 22.9 Å². The first kappa shape index (κ1) is 27.7. The van der Waals surface area contributed by atoms with Gasteiger partial charge in [0, 0.05) is 20.2 Å². The summed E-state index contributed by atoms with van der Waals surface area (Å²) in [7, 11) is 0.593. The van der Waals surface area contributed by atoms with E-state index < -0.39 is 21.4 Å². The van der Waals surface area contributed by atoms with Gasteiger partial charge in [-0.25, -0.2) is 8.42 Å². The van der Waals surface area contributed by atoms with Gasteiger partial charge in [-0.3, -0.25) is 0 Å². The normalized spacial score (nSPS) is 12.8. The first-order valence-corrected chi connectivity index (χ1v) is 13.0. The lowest BCUT2D eigenvalue weighted by atomic mass is 9.99. The molecule has 0 saturated heterocycles. The molecular formula is C28H29N3O5S. The Bertz CT molecular complexity index is 1340. The van der Waals surface area contributed by atoms with Crippen molar-refractivity contribution in [3.05, 3.63) is 94.5 Å². The van der Waals surface area contributed by atoms with Crippen molar-refractivity contribution in [1.29, 1.82) is 10.5 Å². The van der Waals surface area contributed by atoms with Crippen molar-refractivity contribution < 1.29 is 22.6 Å². The zero-order valence-corrected chi connectivity index (χ0v) is 22.0. The Labute approximate surface area is 218 Å². The molecule has 0 heterocycles. The van der Waals surface area contributed by atoms with Crippen molar-refractivity contribution in [1.82, 2.24) is 4.31 Å². The van der Waals surface area contributed by atoms with E-state index in [0.717, 1.165) is 11.1 Å². The maximum atomic E-state index is 14.0. The van der Waals surface area contributed by atoms with E-state index in [4.69, 9.17) is 14.2 Å². The molecule has 0 unspecified atom stereocenters. The number of ether oxygens (including phenoxy) is 3. The second-order valence-corrected chi connectivity index (χ2v) is 10.7. The van der Waals surface area contributed by atoms with Gasteiger partial charge in [0.25, 0.3) is 0 Å². The molecule has 0 saturated carbocycles. The summed E-state index contributed by atoms with van der Waals surface area (Å²) >= 11 is 0. The lowest BCUT2D eigenvalue weighted by Crippen LogP contribution is -2.40. The highest BCUT2D eigenvalue weighted by Crippen LogP contribution is 2.32. The van der Waals surface area contributed by atoms with Gasteiger partial charge in [-0.2, -0.15) is 14.8 Å². The summed E-state index contributed by atoms with van der Waals surface area (Å²) in [6.45, 7) is 1.81. The second kappa shape index (κ2) is 12.4. The molecule has 9 heteroatoms. The van der Waals surface area contributed by atoms with Crippen molar-refractivity contribution in [2.24, 2.45) is 0 Å². The smallest absolute Gasteiger partial charge is 0.220 e. The van der Waals surface area contributed by atoms with E-state index in [9.17, 15) is 18.9 Å². The maximum Gasteiger partial charge on any atom is 0.220 e. The minimum Gasteiger partial charge on any atom is -0.497 e. The van der Waals surface area contributed by atoms with E-state index in [1.807, 2.05) is 30.3 Å². The standard InChI is InChI=1S/C28H29N3O5S/c1-20(28(36-4)27-14-9-23(16-29)15-24(27)17-30)37(32,33)31(18-21-5-10-25(34-2)11-6-21)19-22-7-12-26(35-3)13-8-22/h5-15,20,28H,18-19H2,1-4H3/t20-,28+/m0/s1. The highest BCUT2D eigenvalue weighted by molar-refractivity contribution is 7.89. The van der Waals surface area contributed by atoms with Gasteiger partial charge in [-0.05, 0) is 60.0 Å². The van der Waals surface area contributed by atoms with Crippen LogP contribution in [0.1, 0.15) is 40.8 Å². The van der Waals surface area contributed by atoms with Crippen LogP contribution < -0.4 is 9.47 Å². The third kappa shape index (κ3) is 6.46. The van der Waals surface area contributed by atoms with Crippen LogP contribution in [0.5, 0.6) is 11.5 Å². The highest BCUT2D eigenvalue weighted by Gasteiger charge is 2.37. The molecule has 0 spiro atoms. The first-order chi connectivity index (χ1) is 17.8. The molecule has 0 aliphatic rings. The fourth-order valence-electron chi connectivity index (χ4n) is 4.04. The Morgan fingerprint density at radius 2 is 1.32 bits per heavy atom. The molecule has 8 nitrogen and oxygen atoms in total. The number of methoxy groups -OCH3 is 3. The predicted molar refractivity (Wildman–Crippen MR) is 139 cm³/mol. The van der Waals surface area contributed by atoms with Crippen molar-refractivity contribution in [2.75, 3.05) is 21.3 Å². The summed E-state index contributed by atoms with van der Waals surface area (Å²) in [4.78, 5) is 0. The quantitative estimate of drug-likeness (QED) is 0.365. The first-order valence-electron chi connectivity index (χ1n) is 11.5. The molecule has 0 amide bonds. The molecule has 3 aromatic carbocycles. The van der Waals surface area contributed by atoms with Crippen LogP contribution in [-0.4, -0.2) is 39.3 Å². The molecule has 0 N–H and O–H groups in total. The molecular weight excluding hydrogens is 490 g/mol. The average molecular weight is 520 g/mol. The molecule has 0 fully saturated rings. The van der Waals surface area contributed by atoms with Crippen molar-refractivity contribution >= 4 is 10.0 Å². The SMILES string of the molecule is COc1ccc(CN(Cc2ccc(OC)cc2)S(=O)(=O)[C@@H](C)[C@@H](OC)c2ccc(C#N)cc2C#N)cc1. The number of hydrogen-bond donors (Lipinski definition) is 0. The van der Waals surface area contributed by atoms with Crippen LogP contribution in [0.3, 0.4) is 0 Å². The van der Waals surface area contributed by atoms with E-state index in [1.165, 1.54) is 17.5 Å². The third-order valence-corrected chi connectivity index (χ3v) is 8.32. The van der Waals surface area contributed by atoms with Crippen LogP contribution in [0.4, 0.5) is 0 Å². The molecule has 3 rings (SSSR count). The monoisotopic (exact) mass is 519 g/mol. The lowest BCUT2D eigenvalue weighted by molar-refractivity contribution is 0.100. The predicted octanol–water partition coefficient (Wildman–Crippen LogP) is 4.56. The Morgan fingerprint density at radius 3 is 1.73 bits per heavy atom. The topological polar surface area (TPSA) is 113 Å². The van der Waals surface area contributed by atoms with Crippen molar-refractivity contribution in [3.63, 3.8) is 0 Å². The minimum absolute atomic E-state index is 0.123. The Hall–Kier alpha value is -3.89. The Morgan fingerprint density at radius 1 is 0.811 bits per heavy atom. The lowest BCUT2D eigenvalue weighted by Gasteiger charge is -2.30. The number of benzene rings is 3. The fourth-order valence-corrected chi connectivity index (χ4v) is 5.74. The van der Waals surface area contributed by atoms with Crippen molar-refractivity contribution in [2.45, 2.75) is 31.4 Å². The van der Waals surface area contributed by atoms with E-state index in [-0.39, 0.29) is 18.7 Å². The summed E-state index contributed by atoms with van der Waals surface area (Å²) in [5, 5.41) is 17.8. The number of nitrogens with zero attached hydrogens (tertiary/aromatic N) is 3. The minimum atomic E-state index is -3.96. The Kier molecular flexibility index (Phi) is 9.26. The molecule has 3 aromatic rings. The molecule has 0 aliphatic carbocycles. The molecule has 0 radical (unpaired) electrons. The number of nitriles is 2. The van der Waals surface area contributed by atoms with Gasteiger partial charge in [-0.1, -0.05) is 30.3 Å². The molecule has 0 bridgehead atoms. The molecule has 192 valence electrons. The summed E-state index contributed by atoms with van der Waals surface area (Å²) in [6.07, 6.45) is -0.929. The third-order valence-electron chi connectivity index (χ3n) is 6.16. The fraction of sp³-hybridized carbons (Fsp3) is 0.286. The summed E-state index contributed by atoms with van der Waals surface area (Å²) in [6, 6.07) is 23.0. The highest BCUT2D eigenvalue weighted by atomic mass is 32.2. The summed E-state index contributed by atoms with van der Waals surface area (Å²) in [5.41, 5.74) is 2.50. The average Bonchev–Trinajstić information content (AvgIpc) is 2.93. The summed E-state index contributed by atoms with van der Waals surface area (Å²) < 4.78 is 45.6. The summed E-state index contributed by atoms with van der Waals surface area (Å²) in [5.74, 6) is 1.34. The largest absolute Gasteiger partial charge is 0.497 e. The van der Waals surface area contributed by atoms with E-state index in [0.29, 0.717) is 22.6 Å². The van der Waals surface area contributed by atoms with Gasteiger partial charge in [-0.15, -0.1) is 0 Å². The van der Waals surface area contributed by atoms with Crippen LogP contribution in [0.2, 0.25) is 0 Å².